The van der Waals surface area contributed by atoms with E-state index in [4.69, 9.17) is 11.6 Å². The van der Waals surface area contributed by atoms with Gasteiger partial charge in [0.2, 0.25) is 0 Å². The molecule has 0 aliphatic rings. The lowest BCUT2D eigenvalue weighted by Gasteiger charge is -2.14. The molecule has 2 rings (SSSR count). The van der Waals surface area contributed by atoms with E-state index in [1.54, 1.807) is 6.92 Å². The first-order valence-electron chi connectivity index (χ1n) is 6.56. The van der Waals surface area contributed by atoms with Crippen LogP contribution < -0.4 is 5.32 Å². The molecule has 0 aliphatic heterocycles. The van der Waals surface area contributed by atoms with Crippen molar-refractivity contribution in [3.63, 3.8) is 0 Å². The van der Waals surface area contributed by atoms with E-state index in [9.17, 15) is 14.9 Å². The van der Waals surface area contributed by atoms with E-state index in [-0.39, 0.29) is 16.3 Å². The van der Waals surface area contributed by atoms with Gasteiger partial charge >= 0.3 is 0 Å². The fourth-order valence-electron chi connectivity index (χ4n) is 1.90. The molecular weight excluding hydrogens is 310 g/mol. The molecule has 9 heteroatoms. The van der Waals surface area contributed by atoms with Gasteiger partial charge in [-0.25, -0.2) is 4.98 Å². The van der Waals surface area contributed by atoms with Crippen LogP contribution in [0.25, 0.3) is 0 Å². The maximum atomic E-state index is 12.3. The number of carbonyl (C=O) groups is 1. The maximum Gasteiger partial charge on any atom is 0.270 e. The number of rotatable bonds is 5. The number of aromatic nitrogens is 3. The number of nitro benzene ring substituents is 1. The number of aryl methyl sites for hydroxylation is 1. The largest absolute Gasteiger partial charge is 0.342 e. The Morgan fingerprint density at radius 1 is 1.55 bits per heavy atom. The Hall–Kier alpha value is -2.48. The van der Waals surface area contributed by atoms with E-state index in [0.717, 1.165) is 6.07 Å². The summed E-state index contributed by atoms with van der Waals surface area (Å²) < 4.78 is 0. The number of aromatic amines is 1. The maximum absolute atomic E-state index is 12.3. The molecule has 22 heavy (non-hydrogen) atoms. The normalized spacial score (nSPS) is 12.0. The molecule has 0 unspecified atom stereocenters. The van der Waals surface area contributed by atoms with Crippen LogP contribution in [0.1, 0.15) is 41.4 Å². The van der Waals surface area contributed by atoms with Crippen molar-refractivity contribution >= 4 is 23.2 Å². The number of amides is 1. The second-order valence-electron chi connectivity index (χ2n) is 4.63. The summed E-state index contributed by atoms with van der Waals surface area (Å²) in [7, 11) is 0. The van der Waals surface area contributed by atoms with Crippen LogP contribution in [-0.2, 0) is 0 Å². The molecule has 8 nitrogen and oxygen atoms in total. The first-order valence-corrected chi connectivity index (χ1v) is 6.93. The van der Waals surface area contributed by atoms with Crippen molar-refractivity contribution in [1.29, 1.82) is 0 Å². The Morgan fingerprint density at radius 2 is 2.27 bits per heavy atom. The molecule has 1 atom stereocenters. The van der Waals surface area contributed by atoms with Gasteiger partial charge in [-0.1, -0.05) is 18.5 Å². The quantitative estimate of drug-likeness (QED) is 0.648. The summed E-state index contributed by atoms with van der Waals surface area (Å²) in [5, 5.41) is 20.4. The van der Waals surface area contributed by atoms with Crippen LogP contribution in [0.3, 0.4) is 0 Å². The summed E-state index contributed by atoms with van der Waals surface area (Å²) >= 11 is 5.95. The monoisotopic (exact) mass is 323 g/mol. The Labute approximate surface area is 131 Å². The molecule has 0 radical (unpaired) electrons. The van der Waals surface area contributed by atoms with Crippen molar-refractivity contribution in [3.8, 4) is 0 Å². The van der Waals surface area contributed by atoms with Crippen molar-refractivity contribution in [2.45, 2.75) is 26.3 Å². The van der Waals surface area contributed by atoms with Crippen LogP contribution in [0, 0.1) is 17.0 Å². The van der Waals surface area contributed by atoms with Crippen LogP contribution in [0.15, 0.2) is 18.2 Å². The molecule has 0 saturated heterocycles. The number of benzene rings is 1. The standard InChI is InChI=1S/C13H14ClN5O3/c1-3-11(12-15-7(2)17-18-12)16-13(20)9-6-8(19(21)22)4-5-10(9)14/h4-6,11H,3H2,1-2H3,(H,16,20)(H,15,17,18)/t11-/m0/s1. The summed E-state index contributed by atoms with van der Waals surface area (Å²) in [6, 6.07) is 3.31. The fraction of sp³-hybridized carbons (Fsp3) is 0.308. The first kappa shape index (κ1) is 15.9. The molecule has 0 bridgehead atoms. The number of carbonyl (C=O) groups excluding carboxylic acids is 1. The average molecular weight is 324 g/mol. The minimum Gasteiger partial charge on any atom is -0.342 e. The van der Waals surface area contributed by atoms with Gasteiger partial charge in [0.15, 0.2) is 5.82 Å². The number of hydrogen-bond donors (Lipinski definition) is 2. The summed E-state index contributed by atoms with van der Waals surface area (Å²) in [6.07, 6.45) is 0.565. The molecule has 1 heterocycles. The molecule has 116 valence electrons. The molecule has 0 fully saturated rings. The molecule has 0 spiro atoms. The second kappa shape index (κ2) is 6.52. The lowest BCUT2D eigenvalue weighted by atomic mass is 10.1. The minimum absolute atomic E-state index is 0.0431. The van der Waals surface area contributed by atoms with Crippen LogP contribution >= 0.6 is 11.6 Å². The van der Waals surface area contributed by atoms with Gasteiger partial charge in [0.05, 0.1) is 21.6 Å². The third-order valence-corrected chi connectivity index (χ3v) is 3.37. The smallest absolute Gasteiger partial charge is 0.270 e. The Kier molecular flexibility index (Phi) is 4.71. The highest BCUT2D eigenvalue weighted by Gasteiger charge is 2.21. The van der Waals surface area contributed by atoms with Crippen molar-refractivity contribution < 1.29 is 9.72 Å². The molecule has 1 aromatic carbocycles. The molecule has 1 amide bonds. The number of non-ortho nitro benzene ring substituents is 1. The third-order valence-electron chi connectivity index (χ3n) is 3.05. The number of hydrogen-bond acceptors (Lipinski definition) is 5. The Bertz CT molecular complexity index is 715. The van der Waals surface area contributed by atoms with Gasteiger partial charge in [0.1, 0.15) is 5.82 Å². The number of nitrogens with one attached hydrogen (secondary N) is 2. The number of halogens is 1. The summed E-state index contributed by atoms with van der Waals surface area (Å²) in [5.74, 6) is 0.578. The van der Waals surface area contributed by atoms with Crippen LogP contribution in [0.4, 0.5) is 5.69 Å². The molecule has 0 saturated carbocycles. The first-order chi connectivity index (χ1) is 10.4. The van der Waals surface area contributed by atoms with Crippen molar-refractivity contribution in [2.75, 3.05) is 0 Å². The molecule has 1 aromatic heterocycles. The third kappa shape index (κ3) is 3.40. The molecule has 0 aliphatic carbocycles. The van der Waals surface area contributed by atoms with Gasteiger partial charge in [-0.3, -0.25) is 20.0 Å². The zero-order chi connectivity index (χ0) is 16.3. The lowest BCUT2D eigenvalue weighted by molar-refractivity contribution is -0.384. The lowest BCUT2D eigenvalue weighted by Crippen LogP contribution is -2.29. The zero-order valence-electron chi connectivity index (χ0n) is 12.0. The molecule has 2 aromatic rings. The minimum atomic E-state index is -0.580. The Balaban J connectivity index is 2.24. The zero-order valence-corrected chi connectivity index (χ0v) is 12.7. The highest BCUT2D eigenvalue weighted by Crippen LogP contribution is 2.23. The van der Waals surface area contributed by atoms with E-state index in [1.807, 2.05) is 6.92 Å². The average Bonchev–Trinajstić information content (AvgIpc) is 2.91. The summed E-state index contributed by atoms with van der Waals surface area (Å²) in [5.41, 5.74) is -0.155. The van der Waals surface area contributed by atoms with Crippen LogP contribution in [-0.4, -0.2) is 26.0 Å². The number of nitro groups is 1. The highest BCUT2D eigenvalue weighted by molar-refractivity contribution is 6.33. The van der Waals surface area contributed by atoms with Gasteiger partial charge in [0, 0.05) is 12.1 Å². The van der Waals surface area contributed by atoms with E-state index >= 15 is 0 Å². The Morgan fingerprint density at radius 3 is 2.82 bits per heavy atom. The van der Waals surface area contributed by atoms with Gasteiger partial charge in [-0.2, -0.15) is 5.10 Å². The van der Waals surface area contributed by atoms with Gasteiger partial charge < -0.3 is 5.32 Å². The number of H-pyrrole nitrogens is 1. The second-order valence-corrected chi connectivity index (χ2v) is 5.04. The summed E-state index contributed by atoms with van der Waals surface area (Å²) in [6.45, 7) is 3.62. The van der Waals surface area contributed by atoms with Crippen LogP contribution in [0.5, 0.6) is 0 Å². The highest BCUT2D eigenvalue weighted by atomic mass is 35.5. The van der Waals surface area contributed by atoms with Crippen LogP contribution in [0.2, 0.25) is 5.02 Å². The van der Waals surface area contributed by atoms with Crippen molar-refractivity contribution in [2.24, 2.45) is 0 Å². The van der Waals surface area contributed by atoms with Gasteiger partial charge in [-0.15, -0.1) is 0 Å². The van der Waals surface area contributed by atoms with E-state index in [0.29, 0.717) is 18.1 Å². The number of nitrogens with zero attached hydrogens (tertiary/aromatic N) is 3. The van der Waals surface area contributed by atoms with Crippen molar-refractivity contribution in [3.05, 3.63) is 50.5 Å². The van der Waals surface area contributed by atoms with Gasteiger partial charge in [-0.05, 0) is 19.4 Å². The molecular formula is C13H14ClN5O3. The predicted octanol–water partition coefficient (Wildman–Crippen LogP) is 2.56. The topological polar surface area (TPSA) is 114 Å². The van der Waals surface area contributed by atoms with E-state index < -0.39 is 16.9 Å². The predicted molar refractivity (Wildman–Crippen MR) is 79.7 cm³/mol. The van der Waals surface area contributed by atoms with Gasteiger partial charge in [0.25, 0.3) is 11.6 Å². The fourth-order valence-corrected chi connectivity index (χ4v) is 2.11. The summed E-state index contributed by atoms with van der Waals surface area (Å²) in [4.78, 5) is 26.7. The SMILES string of the molecule is CC[C@H](NC(=O)c1cc([N+](=O)[O-])ccc1Cl)c1n[nH]c(C)n1. The molecule has 2 N–H and O–H groups in total. The van der Waals surface area contributed by atoms with E-state index in [1.165, 1.54) is 12.1 Å². The van der Waals surface area contributed by atoms with E-state index in [2.05, 4.69) is 20.5 Å². The van der Waals surface area contributed by atoms with Crippen molar-refractivity contribution in [1.82, 2.24) is 20.5 Å².